The number of carbonyl (C=O) groups is 2. The molecule has 7 heteroatoms. The zero-order valence-corrected chi connectivity index (χ0v) is 19.1. The van der Waals surface area contributed by atoms with Crippen LogP contribution in [-0.2, 0) is 13.0 Å². The number of unbranched alkanes of at least 4 members (excludes halogenated alkanes) is 1. The molecular formula is C27H29N3O4. The Morgan fingerprint density at radius 3 is 2.50 bits per heavy atom. The normalized spacial score (nSPS) is 14.2. The van der Waals surface area contributed by atoms with Crippen LogP contribution in [0.2, 0.25) is 0 Å². The maximum Gasteiger partial charge on any atom is 0.337 e. The van der Waals surface area contributed by atoms with Gasteiger partial charge in [0.25, 0.3) is 0 Å². The summed E-state index contributed by atoms with van der Waals surface area (Å²) >= 11 is 0. The van der Waals surface area contributed by atoms with Crippen molar-refractivity contribution >= 4 is 39.4 Å². The van der Waals surface area contributed by atoms with Gasteiger partial charge < -0.3 is 24.7 Å². The van der Waals surface area contributed by atoms with Gasteiger partial charge in [-0.3, -0.25) is 0 Å². The smallest absolute Gasteiger partial charge is 0.337 e. The molecule has 7 nitrogen and oxygen atoms in total. The summed E-state index contributed by atoms with van der Waals surface area (Å²) in [6.45, 7) is 2.65. The maximum atomic E-state index is 11.9. The number of carboxylic acid groups (broad SMARTS) is 2. The molecule has 0 saturated carbocycles. The van der Waals surface area contributed by atoms with Crippen molar-refractivity contribution in [2.45, 2.75) is 45.1 Å². The van der Waals surface area contributed by atoms with Crippen molar-refractivity contribution in [1.82, 2.24) is 9.55 Å². The monoisotopic (exact) mass is 459 g/mol. The van der Waals surface area contributed by atoms with Gasteiger partial charge in [0, 0.05) is 48.3 Å². The zero-order chi connectivity index (χ0) is 23.7. The Hall–Kier alpha value is -3.74. The van der Waals surface area contributed by atoms with E-state index in [0.717, 1.165) is 84.8 Å². The Morgan fingerprint density at radius 1 is 0.912 bits per heavy atom. The maximum absolute atomic E-state index is 11.9. The Bertz CT molecular complexity index is 1360. The van der Waals surface area contributed by atoms with Crippen LogP contribution in [0.4, 0.5) is 5.69 Å². The molecule has 0 bridgehead atoms. The molecule has 176 valence electrons. The summed E-state index contributed by atoms with van der Waals surface area (Å²) in [6.07, 6.45) is 10.2. The van der Waals surface area contributed by atoms with Crippen LogP contribution in [0.15, 0.2) is 48.8 Å². The summed E-state index contributed by atoms with van der Waals surface area (Å²) in [4.78, 5) is 28.7. The van der Waals surface area contributed by atoms with Crippen LogP contribution in [-0.4, -0.2) is 44.8 Å². The summed E-state index contributed by atoms with van der Waals surface area (Å²) in [5.41, 5.74) is 4.70. The van der Waals surface area contributed by atoms with E-state index in [4.69, 9.17) is 0 Å². The molecule has 0 unspecified atom stereocenters. The number of aromatic nitrogens is 2. The fourth-order valence-corrected chi connectivity index (χ4v) is 5.20. The number of aromatic amines is 1. The predicted octanol–water partition coefficient (Wildman–Crippen LogP) is 5.53. The molecule has 1 aliphatic heterocycles. The van der Waals surface area contributed by atoms with Crippen LogP contribution in [0.1, 0.15) is 58.4 Å². The Morgan fingerprint density at radius 2 is 1.74 bits per heavy atom. The largest absolute Gasteiger partial charge is 0.478 e. The SMILES string of the molecule is O=C(O)c1ccc2[nH]cc(CCCCn3ccc4c(N5CCCCC5)c(C(=O)O)ccc43)c2c1. The van der Waals surface area contributed by atoms with E-state index in [1.807, 2.05) is 18.3 Å². The number of H-pyrrole nitrogens is 1. The van der Waals surface area contributed by atoms with Crippen molar-refractivity contribution in [2.24, 2.45) is 0 Å². The van der Waals surface area contributed by atoms with Gasteiger partial charge in [-0.15, -0.1) is 0 Å². The number of hydrogen-bond acceptors (Lipinski definition) is 3. The van der Waals surface area contributed by atoms with Gasteiger partial charge in [0.2, 0.25) is 0 Å². The Kier molecular flexibility index (Phi) is 6.01. The standard InChI is InChI=1S/C27H29N3O4/c31-26(32)18-7-9-23-22(16-18)19(17-28-23)6-2-5-12-29-15-11-20-24(29)10-8-21(27(33)34)25(20)30-13-3-1-4-14-30/h7-11,15-17,28H,1-6,12-14H2,(H,31,32)(H,33,34). The lowest BCUT2D eigenvalue weighted by Gasteiger charge is -2.30. The molecule has 2 aromatic heterocycles. The van der Waals surface area contributed by atoms with Gasteiger partial charge in [-0.25, -0.2) is 9.59 Å². The summed E-state index contributed by atoms with van der Waals surface area (Å²) < 4.78 is 2.21. The summed E-state index contributed by atoms with van der Waals surface area (Å²) in [7, 11) is 0. The van der Waals surface area contributed by atoms with E-state index in [2.05, 4.69) is 26.7 Å². The highest BCUT2D eigenvalue weighted by Gasteiger charge is 2.22. The van der Waals surface area contributed by atoms with Crippen LogP contribution in [0.25, 0.3) is 21.8 Å². The zero-order valence-electron chi connectivity index (χ0n) is 19.1. The van der Waals surface area contributed by atoms with Crippen LogP contribution < -0.4 is 4.90 Å². The molecule has 0 amide bonds. The lowest BCUT2D eigenvalue weighted by atomic mass is 10.0. The Balaban J connectivity index is 1.31. The number of fused-ring (bicyclic) bond motifs is 2. The highest BCUT2D eigenvalue weighted by atomic mass is 16.4. The molecule has 34 heavy (non-hydrogen) atoms. The molecule has 0 spiro atoms. The lowest BCUT2D eigenvalue weighted by Crippen LogP contribution is -2.31. The van der Waals surface area contributed by atoms with Gasteiger partial charge in [0.1, 0.15) is 0 Å². The minimum Gasteiger partial charge on any atom is -0.478 e. The number of rotatable bonds is 8. The quantitative estimate of drug-likeness (QED) is 0.301. The number of piperidine rings is 1. The number of aromatic carboxylic acids is 2. The number of anilines is 1. The highest BCUT2D eigenvalue weighted by molar-refractivity contribution is 6.05. The van der Waals surface area contributed by atoms with Crippen LogP contribution in [0.5, 0.6) is 0 Å². The molecule has 3 N–H and O–H groups in total. The second-order valence-corrected chi connectivity index (χ2v) is 9.09. The topological polar surface area (TPSA) is 98.6 Å². The van der Waals surface area contributed by atoms with Gasteiger partial charge in [0.15, 0.2) is 0 Å². The first-order valence-electron chi connectivity index (χ1n) is 12.0. The molecule has 5 rings (SSSR count). The second-order valence-electron chi connectivity index (χ2n) is 9.09. The van der Waals surface area contributed by atoms with Crippen molar-refractivity contribution in [3.63, 3.8) is 0 Å². The lowest BCUT2D eigenvalue weighted by molar-refractivity contribution is 0.0686. The molecule has 1 aliphatic rings. The number of carboxylic acids is 2. The summed E-state index contributed by atoms with van der Waals surface area (Å²) in [5.74, 6) is -1.79. The van der Waals surface area contributed by atoms with Crippen LogP contribution in [0, 0.1) is 0 Å². The first-order chi connectivity index (χ1) is 16.5. The van der Waals surface area contributed by atoms with Crippen LogP contribution >= 0.6 is 0 Å². The van der Waals surface area contributed by atoms with Crippen LogP contribution in [0.3, 0.4) is 0 Å². The minimum atomic E-state index is -0.913. The molecule has 0 radical (unpaired) electrons. The summed E-state index contributed by atoms with van der Waals surface area (Å²) in [6, 6.07) is 10.9. The van der Waals surface area contributed by atoms with Crippen molar-refractivity contribution < 1.29 is 19.8 Å². The van der Waals surface area contributed by atoms with Crippen molar-refractivity contribution in [3.05, 3.63) is 65.5 Å². The molecular weight excluding hydrogens is 430 g/mol. The molecule has 1 saturated heterocycles. The molecule has 4 aromatic rings. The van der Waals surface area contributed by atoms with Gasteiger partial charge >= 0.3 is 11.9 Å². The first kappa shape index (κ1) is 22.1. The fraction of sp³-hybridized carbons (Fsp3) is 0.333. The molecule has 1 fully saturated rings. The average molecular weight is 460 g/mol. The highest BCUT2D eigenvalue weighted by Crippen LogP contribution is 2.34. The Labute approximate surface area is 197 Å². The number of benzene rings is 2. The van der Waals surface area contributed by atoms with Crippen molar-refractivity contribution in [1.29, 1.82) is 0 Å². The number of aryl methyl sites for hydroxylation is 2. The number of nitrogens with zero attached hydrogens (tertiary/aromatic N) is 2. The summed E-state index contributed by atoms with van der Waals surface area (Å²) in [5, 5.41) is 21.0. The molecule has 3 heterocycles. The van der Waals surface area contributed by atoms with E-state index in [1.54, 1.807) is 18.2 Å². The van der Waals surface area contributed by atoms with E-state index in [0.29, 0.717) is 11.1 Å². The van der Waals surface area contributed by atoms with Gasteiger partial charge in [0.05, 0.1) is 22.3 Å². The average Bonchev–Trinajstić information content (AvgIpc) is 3.45. The van der Waals surface area contributed by atoms with Gasteiger partial charge in [-0.05, 0) is 80.5 Å². The van der Waals surface area contributed by atoms with E-state index in [1.165, 1.54) is 6.42 Å². The molecule has 2 aromatic carbocycles. The van der Waals surface area contributed by atoms with Crippen molar-refractivity contribution in [3.8, 4) is 0 Å². The third kappa shape index (κ3) is 4.14. The van der Waals surface area contributed by atoms with E-state index >= 15 is 0 Å². The molecule has 0 atom stereocenters. The van der Waals surface area contributed by atoms with Gasteiger partial charge in [-0.1, -0.05) is 0 Å². The third-order valence-corrected chi connectivity index (χ3v) is 6.94. The first-order valence-corrected chi connectivity index (χ1v) is 12.0. The van der Waals surface area contributed by atoms with Crippen molar-refractivity contribution in [2.75, 3.05) is 18.0 Å². The number of nitrogens with one attached hydrogen (secondary N) is 1. The second kappa shape index (κ2) is 9.25. The minimum absolute atomic E-state index is 0.303. The molecule has 0 aliphatic carbocycles. The van der Waals surface area contributed by atoms with E-state index < -0.39 is 11.9 Å². The predicted molar refractivity (Wildman–Crippen MR) is 133 cm³/mol. The van der Waals surface area contributed by atoms with E-state index in [9.17, 15) is 19.8 Å². The fourth-order valence-electron chi connectivity index (χ4n) is 5.20. The van der Waals surface area contributed by atoms with E-state index in [-0.39, 0.29) is 0 Å². The third-order valence-electron chi connectivity index (χ3n) is 6.94. The number of hydrogen-bond donors (Lipinski definition) is 3. The van der Waals surface area contributed by atoms with Gasteiger partial charge in [-0.2, -0.15) is 0 Å².